The van der Waals surface area contributed by atoms with Crippen LogP contribution in [-0.4, -0.2) is 46.1 Å². The van der Waals surface area contributed by atoms with Gasteiger partial charge in [-0.1, -0.05) is 11.3 Å². The lowest BCUT2D eigenvalue weighted by molar-refractivity contribution is 0.589. The standard InChI is InChI=1S/C17H19N7OS/c1-11-15(26-17(25)21-11)13-4-5-19-16(22-13)23-14-3-2-12(10-20-14)24-8-6-18-7-9-24/h2-5,10,18H,6-9H2,1H3,(H,21,25)(H,19,20,22,23). The number of pyridine rings is 1. The van der Waals surface area contributed by atoms with Crippen LogP contribution in [0.1, 0.15) is 5.69 Å². The molecule has 4 heterocycles. The Kier molecular flexibility index (Phi) is 4.63. The summed E-state index contributed by atoms with van der Waals surface area (Å²) in [5, 5.41) is 6.46. The molecule has 9 heteroatoms. The Morgan fingerprint density at radius 2 is 2.04 bits per heavy atom. The van der Waals surface area contributed by atoms with Gasteiger partial charge in [0.1, 0.15) is 5.82 Å². The largest absolute Gasteiger partial charge is 0.368 e. The van der Waals surface area contributed by atoms with E-state index in [0.717, 1.165) is 53.8 Å². The minimum Gasteiger partial charge on any atom is -0.368 e. The van der Waals surface area contributed by atoms with Crippen molar-refractivity contribution in [3.63, 3.8) is 0 Å². The number of thiazole rings is 1. The van der Waals surface area contributed by atoms with Crippen LogP contribution in [0.4, 0.5) is 17.5 Å². The average molecular weight is 369 g/mol. The lowest BCUT2D eigenvalue weighted by atomic mass is 10.3. The zero-order chi connectivity index (χ0) is 17.9. The zero-order valence-electron chi connectivity index (χ0n) is 14.3. The van der Waals surface area contributed by atoms with Gasteiger partial charge in [0.05, 0.1) is 22.5 Å². The molecular formula is C17H19N7OS. The second-order valence-corrected chi connectivity index (χ2v) is 6.98. The van der Waals surface area contributed by atoms with Crippen molar-refractivity contribution in [2.45, 2.75) is 6.92 Å². The number of rotatable bonds is 4. The van der Waals surface area contributed by atoms with Gasteiger partial charge in [0.25, 0.3) is 0 Å². The van der Waals surface area contributed by atoms with Gasteiger partial charge in [0.2, 0.25) is 5.95 Å². The first-order valence-electron chi connectivity index (χ1n) is 8.41. The van der Waals surface area contributed by atoms with E-state index in [2.05, 4.69) is 35.5 Å². The first-order valence-corrected chi connectivity index (χ1v) is 9.22. The summed E-state index contributed by atoms with van der Waals surface area (Å²) in [6.45, 7) is 5.81. The third-order valence-corrected chi connectivity index (χ3v) is 5.19. The summed E-state index contributed by atoms with van der Waals surface area (Å²) in [6, 6.07) is 5.76. The molecule has 0 aromatic carbocycles. The van der Waals surface area contributed by atoms with Crippen LogP contribution in [-0.2, 0) is 0 Å². The number of aromatic nitrogens is 4. The van der Waals surface area contributed by atoms with Gasteiger partial charge in [-0.3, -0.25) is 4.79 Å². The van der Waals surface area contributed by atoms with Crippen molar-refractivity contribution in [3.8, 4) is 10.6 Å². The van der Waals surface area contributed by atoms with Crippen molar-refractivity contribution in [2.24, 2.45) is 0 Å². The SMILES string of the molecule is Cc1[nH]c(=O)sc1-c1ccnc(Nc2ccc(N3CCNCC3)cn2)n1. The molecule has 1 aliphatic heterocycles. The number of anilines is 3. The summed E-state index contributed by atoms with van der Waals surface area (Å²) in [6.07, 6.45) is 3.53. The van der Waals surface area contributed by atoms with Crippen LogP contribution in [0, 0.1) is 6.92 Å². The summed E-state index contributed by atoms with van der Waals surface area (Å²) >= 11 is 1.14. The molecule has 0 spiro atoms. The summed E-state index contributed by atoms with van der Waals surface area (Å²) in [7, 11) is 0. The highest BCUT2D eigenvalue weighted by Gasteiger charge is 2.12. The van der Waals surface area contributed by atoms with Crippen LogP contribution >= 0.6 is 11.3 Å². The van der Waals surface area contributed by atoms with Gasteiger partial charge in [0.15, 0.2) is 0 Å². The van der Waals surface area contributed by atoms with Gasteiger partial charge >= 0.3 is 4.87 Å². The topological polar surface area (TPSA) is 98.8 Å². The third kappa shape index (κ3) is 3.58. The van der Waals surface area contributed by atoms with Gasteiger partial charge in [-0.2, -0.15) is 0 Å². The van der Waals surface area contributed by atoms with Gasteiger partial charge < -0.3 is 20.5 Å². The fraction of sp³-hybridized carbons (Fsp3) is 0.294. The molecule has 4 rings (SSSR count). The number of nitrogens with one attached hydrogen (secondary N) is 3. The Morgan fingerprint density at radius 3 is 2.73 bits per heavy atom. The molecule has 0 bridgehead atoms. The Bertz CT molecular complexity index is 944. The first kappa shape index (κ1) is 16.7. The molecule has 134 valence electrons. The normalized spacial score (nSPS) is 14.4. The number of aromatic amines is 1. The van der Waals surface area contributed by atoms with E-state index < -0.39 is 0 Å². The highest BCUT2D eigenvalue weighted by molar-refractivity contribution is 7.13. The van der Waals surface area contributed by atoms with Crippen molar-refractivity contribution in [1.82, 2.24) is 25.3 Å². The summed E-state index contributed by atoms with van der Waals surface area (Å²) in [5.41, 5.74) is 2.63. The fourth-order valence-corrected chi connectivity index (χ4v) is 3.69. The smallest absolute Gasteiger partial charge is 0.305 e. The van der Waals surface area contributed by atoms with Crippen molar-refractivity contribution < 1.29 is 0 Å². The Morgan fingerprint density at radius 1 is 1.19 bits per heavy atom. The van der Waals surface area contributed by atoms with Crippen LogP contribution in [0.2, 0.25) is 0 Å². The molecule has 0 unspecified atom stereocenters. The van der Waals surface area contributed by atoms with Gasteiger partial charge in [-0.05, 0) is 25.1 Å². The minimum atomic E-state index is -0.0872. The molecular weight excluding hydrogens is 350 g/mol. The molecule has 0 saturated carbocycles. The van der Waals surface area contributed by atoms with E-state index in [-0.39, 0.29) is 4.87 Å². The van der Waals surface area contributed by atoms with Crippen molar-refractivity contribution in [1.29, 1.82) is 0 Å². The molecule has 1 fully saturated rings. The van der Waals surface area contributed by atoms with E-state index >= 15 is 0 Å². The maximum atomic E-state index is 11.5. The second-order valence-electron chi connectivity index (χ2n) is 6.00. The van der Waals surface area contributed by atoms with Gasteiger partial charge in [-0.15, -0.1) is 0 Å². The number of H-pyrrole nitrogens is 1. The van der Waals surface area contributed by atoms with Crippen LogP contribution in [0.15, 0.2) is 35.4 Å². The maximum Gasteiger partial charge on any atom is 0.305 e. The zero-order valence-corrected chi connectivity index (χ0v) is 15.1. The number of piperazine rings is 1. The third-order valence-electron chi connectivity index (χ3n) is 4.18. The van der Waals surface area contributed by atoms with Crippen molar-refractivity contribution in [2.75, 3.05) is 36.4 Å². The molecule has 3 aromatic heterocycles. The van der Waals surface area contributed by atoms with E-state index in [4.69, 9.17) is 0 Å². The van der Waals surface area contributed by atoms with Gasteiger partial charge in [0, 0.05) is 38.1 Å². The maximum absolute atomic E-state index is 11.5. The second kappa shape index (κ2) is 7.22. The summed E-state index contributed by atoms with van der Waals surface area (Å²) in [5.74, 6) is 1.13. The molecule has 0 radical (unpaired) electrons. The summed E-state index contributed by atoms with van der Waals surface area (Å²) in [4.78, 5) is 30.5. The lowest BCUT2D eigenvalue weighted by Crippen LogP contribution is -2.43. The molecule has 0 amide bonds. The Balaban J connectivity index is 1.51. The summed E-state index contributed by atoms with van der Waals surface area (Å²) < 4.78 is 0. The monoisotopic (exact) mass is 369 g/mol. The number of hydrogen-bond donors (Lipinski definition) is 3. The molecule has 26 heavy (non-hydrogen) atoms. The van der Waals surface area contributed by atoms with E-state index in [1.165, 1.54) is 0 Å². The van der Waals surface area contributed by atoms with Crippen molar-refractivity contribution >= 4 is 28.8 Å². The minimum absolute atomic E-state index is 0.0872. The predicted molar refractivity (Wildman–Crippen MR) is 103 cm³/mol. The highest BCUT2D eigenvalue weighted by atomic mass is 32.1. The molecule has 8 nitrogen and oxygen atoms in total. The number of nitrogens with zero attached hydrogens (tertiary/aromatic N) is 4. The van der Waals surface area contributed by atoms with Crippen molar-refractivity contribution in [3.05, 3.63) is 46.0 Å². The van der Waals surface area contributed by atoms with E-state index in [0.29, 0.717) is 17.5 Å². The number of aryl methyl sites for hydroxylation is 1. The lowest BCUT2D eigenvalue weighted by Gasteiger charge is -2.29. The molecule has 3 aromatic rings. The quantitative estimate of drug-likeness (QED) is 0.644. The van der Waals surface area contributed by atoms with Gasteiger partial charge in [-0.25, -0.2) is 15.0 Å². The highest BCUT2D eigenvalue weighted by Crippen LogP contribution is 2.24. The van der Waals surface area contributed by atoms with E-state index in [1.807, 2.05) is 25.3 Å². The molecule has 1 aliphatic rings. The average Bonchev–Trinajstić information content (AvgIpc) is 3.01. The molecule has 3 N–H and O–H groups in total. The molecule has 1 saturated heterocycles. The van der Waals surface area contributed by atoms with Crippen LogP contribution in [0.25, 0.3) is 10.6 Å². The molecule has 0 atom stereocenters. The van der Waals surface area contributed by atoms with Crippen LogP contribution in [0.3, 0.4) is 0 Å². The van der Waals surface area contributed by atoms with Crippen LogP contribution in [0.5, 0.6) is 0 Å². The van der Waals surface area contributed by atoms with E-state index in [9.17, 15) is 4.79 Å². The Hall–Kier alpha value is -2.78. The molecule has 0 aliphatic carbocycles. The number of hydrogen-bond acceptors (Lipinski definition) is 8. The first-order chi connectivity index (χ1) is 12.7. The van der Waals surface area contributed by atoms with Crippen LogP contribution < -0.4 is 20.4 Å². The Labute approximate surface area is 154 Å². The van der Waals surface area contributed by atoms with E-state index in [1.54, 1.807) is 12.3 Å². The predicted octanol–water partition coefficient (Wildman–Crippen LogP) is 1.75. The fourth-order valence-electron chi connectivity index (χ4n) is 2.88.